The molecule has 0 aliphatic carbocycles. The zero-order chi connectivity index (χ0) is 13.8. The molecule has 2 aromatic carbocycles. The van der Waals surface area contributed by atoms with Crippen LogP contribution in [-0.2, 0) is 6.42 Å². The van der Waals surface area contributed by atoms with Crippen LogP contribution in [0.15, 0.2) is 42.5 Å². The van der Waals surface area contributed by atoms with Crippen molar-refractivity contribution in [2.45, 2.75) is 45.4 Å². The van der Waals surface area contributed by atoms with Crippen molar-refractivity contribution in [2.24, 2.45) is 0 Å². The highest BCUT2D eigenvalue weighted by Crippen LogP contribution is 2.44. The number of hydrogen-bond acceptors (Lipinski definition) is 0. The highest BCUT2D eigenvalue weighted by Gasteiger charge is 2.21. The van der Waals surface area contributed by atoms with Crippen LogP contribution in [0.25, 0.3) is 11.1 Å². The molecular weight excluding hydrogens is 242 g/mol. The van der Waals surface area contributed by atoms with Crippen LogP contribution < -0.4 is 5.32 Å². The monoisotopic (exact) mass is 264 g/mol. The first-order valence-electron chi connectivity index (χ1n) is 7.83. The number of unbranched alkanes of at least 4 members (excludes halogenated alkanes) is 4. The molecule has 1 aliphatic heterocycles. The first kappa shape index (κ1) is 13.2. The first-order valence-corrected chi connectivity index (χ1v) is 7.83. The molecule has 0 N–H and O–H groups in total. The van der Waals surface area contributed by atoms with Gasteiger partial charge in [0.05, 0.1) is 11.4 Å². The molecule has 2 aromatic rings. The van der Waals surface area contributed by atoms with Crippen LogP contribution in [0, 0.1) is 0 Å². The van der Waals surface area contributed by atoms with E-state index in [0.29, 0.717) is 0 Å². The molecule has 0 spiro atoms. The Morgan fingerprint density at radius 2 is 1.60 bits per heavy atom. The third-order valence-corrected chi connectivity index (χ3v) is 4.10. The molecule has 0 bridgehead atoms. The Kier molecular flexibility index (Phi) is 4.05. The maximum Gasteiger partial charge on any atom is 0.0748 e. The second kappa shape index (κ2) is 6.13. The second-order valence-electron chi connectivity index (χ2n) is 5.61. The van der Waals surface area contributed by atoms with Crippen LogP contribution in [0.3, 0.4) is 0 Å². The molecule has 0 saturated heterocycles. The fourth-order valence-electron chi connectivity index (χ4n) is 2.98. The Hall–Kier alpha value is -1.76. The van der Waals surface area contributed by atoms with Crippen molar-refractivity contribution < 1.29 is 0 Å². The molecule has 0 saturated carbocycles. The lowest BCUT2D eigenvalue weighted by Crippen LogP contribution is -1.92. The zero-order valence-corrected chi connectivity index (χ0v) is 12.2. The summed E-state index contributed by atoms with van der Waals surface area (Å²) in [5, 5.41) is 4.83. The van der Waals surface area contributed by atoms with Gasteiger partial charge in [0.15, 0.2) is 0 Å². The maximum atomic E-state index is 4.83. The Morgan fingerprint density at radius 3 is 2.50 bits per heavy atom. The number of hydrogen-bond donors (Lipinski definition) is 0. The molecule has 1 aliphatic rings. The van der Waals surface area contributed by atoms with Crippen LogP contribution in [0.4, 0.5) is 11.4 Å². The minimum absolute atomic E-state index is 1.13. The standard InChI is InChI=1S/C19H22N/c1-2-3-4-5-6-10-15-11-9-13-17-16-12-7-8-14-18(16)20-19(15)17/h7-9,11-14H,2-6,10H2,1H3. The Morgan fingerprint density at radius 1 is 0.800 bits per heavy atom. The quantitative estimate of drug-likeness (QED) is 0.503. The molecule has 1 nitrogen and oxygen atoms in total. The third kappa shape index (κ3) is 2.58. The summed E-state index contributed by atoms with van der Waals surface area (Å²) in [4.78, 5) is 0. The van der Waals surface area contributed by atoms with Crippen molar-refractivity contribution in [3.63, 3.8) is 0 Å². The summed E-state index contributed by atoms with van der Waals surface area (Å²) >= 11 is 0. The van der Waals surface area contributed by atoms with Gasteiger partial charge in [0.1, 0.15) is 0 Å². The second-order valence-corrected chi connectivity index (χ2v) is 5.61. The van der Waals surface area contributed by atoms with E-state index < -0.39 is 0 Å². The highest BCUT2D eigenvalue weighted by molar-refractivity contribution is 5.91. The Balaban J connectivity index is 1.73. The van der Waals surface area contributed by atoms with Gasteiger partial charge in [-0.15, -0.1) is 0 Å². The SMILES string of the molecule is CCCCCCCc1cccc2c1[N]c1ccccc1-2. The number of fused-ring (bicyclic) bond motifs is 3. The van der Waals surface area contributed by atoms with Crippen LogP contribution in [0.5, 0.6) is 0 Å². The highest BCUT2D eigenvalue weighted by atomic mass is 14.9. The molecule has 1 heterocycles. The molecule has 0 fully saturated rings. The molecule has 20 heavy (non-hydrogen) atoms. The minimum atomic E-state index is 1.13. The molecule has 0 aromatic heterocycles. The predicted molar refractivity (Wildman–Crippen MR) is 85.8 cm³/mol. The number of nitrogens with zero attached hydrogens (tertiary/aromatic N) is 1. The van der Waals surface area contributed by atoms with Gasteiger partial charge in [-0.3, -0.25) is 0 Å². The normalized spacial score (nSPS) is 11.8. The van der Waals surface area contributed by atoms with Crippen molar-refractivity contribution in [1.82, 2.24) is 5.32 Å². The minimum Gasteiger partial charge on any atom is -0.247 e. The molecule has 0 amide bonds. The summed E-state index contributed by atoms with van der Waals surface area (Å²) in [7, 11) is 0. The van der Waals surface area contributed by atoms with Crippen LogP contribution in [0.2, 0.25) is 0 Å². The fraction of sp³-hybridized carbons (Fsp3) is 0.368. The van der Waals surface area contributed by atoms with E-state index in [2.05, 4.69) is 49.4 Å². The van der Waals surface area contributed by atoms with E-state index in [1.54, 1.807) is 0 Å². The van der Waals surface area contributed by atoms with Gasteiger partial charge in [-0.2, -0.15) is 0 Å². The molecule has 1 heteroatoms. The van der Waals surface area contributed by atoms with E-state index in [1.165, 1.54) is 54.5 Å². The lowest BCUT2D eigenvalue weighted by Gasteiger charge is -2.07. The molecule has 0 unspecified atom stereocenters. The smallest absolute Gasteiger partial charge is 0.0748 e. The first-order chi connectivity index (χ1) is 9.90. The number of rotatable bonds is 6. The van der Waals surface area contributed by atoms with E-state index in [4.69, 9.17) is 5.32 Å². The lowest BCUT2D eigenvalue weighted by molar-refractivity contribution is 0.632. The molecular formula is C19H22N. The van der Waals surface area contributed by atoms with Crippen LogP contribution in [0.1, 0.15) is 44.6 Å². The summed E-state index contributed by atoms with van der Waals surface area (Å²) in [5.74, 6) is 0. The molecule has 1 radical (unpaired) electrons. The van der Waals surface area contributed by atoms with Gasteiger partial charge >= 0.3 is 0 Å². The van der Waals surface area contributed by atoms with Gasteiger partial charge in [0, 0.05) is 11.1 Å². The third-order valence-electron chi connectivity index (χ3n) is 4.10. The lowest BCUT2D eigenvalue weighted by atomic mass is 9.99. The van der Waals surface area contributed by atoms with E-state index >= 15 is 0 Å². The summed E-state index contributed by atoms with van der Waals surface area (Å²) < 4.78 is 0. The topological polar surface area (TPSA) is 14.1 Å². The number of para-hydroxylation sites is 2. The Labute approximate surface area is 122 Å². The summed E-state index contributed by atoms with van der Waals surface area (Å²) in [6.45, 7) is 2.26. The predicted octanol–water partition coefficient (Wildman–Crippen LogP) is 5.75. The maximum absolute atomic E-state index is 4.83. The van der Waals surface area contributed by atoms with Crippen LogP contribution in [-0.4, -0.2) is 0 Å². The van der Waals surface area contributed by atoms with Crippen molar-refractivity contribution in [2.75, 3.05) is 0 Å². The fourth-order valence-corrected chi connectivity index (χ4v) is 2.98. The van der Waals surface area contributed by atoms with Crippen molar-refractivity contribution >= 4 is 11.4 Å². The summed E-state index contributed by atoms with van der Waals surface area (Å²) in [5.41, 5.74) is 6.35. The van der Waals surface area contributed by atoms with Gasteiger partial charge in [0.2, 0.25) is 0 Å². The largest absolute Gasteiger partial charge is 0.247 e. The van der Waals surface area contributed by atoms with E-state index in [9.17, 15) is 0 Å². The number of benzene rings is 2. The van der Waals surface area contributed by atoms with Crippen molar-refractivity contribution in [3.8, 4) is 11.1 Å². The van der Waals surface area contributed by atoms with Gasteiger partial charge in [-0.05, 0) is 24.5 Å². The van der Waals surface area contributed by atoms with E-state index in [0.717, 1.165) is 12.1 Å². The van der Waals surface area contributed by atoms with Gasteiger partial charge in [-0.25, -0.2) is 5.32 Å². The van der Waals surface area contributed by atoms with Crippen molar-refractivity contribution in [1.29, 1.82) is 0 Å². The summed E-state index contributed by atoms with van der Waals surface area (Å²) in [6, 6.07) is 15.1. The Bertz CT molecular complexity index is 586. The molecule has 103 valence electrons. The van der Waals surface area contributed by atoms with E-state index in [-0.39, 0.29) is 0 Å². The van der Waals surface area contributed by atoms with Crippen molar-refractivity contribution in [3.05, 3.63) is 48.0 Å². The average Bonchev–Trinajstić information content (AvgIpc) is 2.87. The number of aryl methyl sites for hydroxylation is 1. The van der Waals surface area contributed by atoms with Gasteiger partial charge in [0.25, 0.3) is 0 Å². The zero-order valence-electron chi connectivity index (χ0n) is 12.2. The average molecular weight is 264 g/mol. The van der Waals surface area contributed by atoms with Gasteiger partial charge in [-0.1, -0.05) is 69.0 Å². The molecule has 3 rings (SSSR count). The van der Waals surface area contributed by atoms with Gasteiger partial charge < -0.3 is 0 Å². The van der Waals surface area contributed by atoms with Crippen LogP contribution >= 0.6 is 0 Å². The summed E-state index contributed by atoms with van der Waals surface area (Å²) in [6.07, 6.45) is 7.81. The molecule has 0 atom stereocenters. The van der Waals surface area contributed by atoms with E-state index in [1.807, 2.05) is 0 Å².